The van der Waals surface area contributed by atoms with Gasteiger partial charge in [-0.2, -0.15) is 0 Å². The average Bonchev–Trinajstić information content (AvgIpc) is 2.91. The second-order valence-corrected chi connectivity index (χ2v) is 5.90. The second kappa shape index (κ2) is 7.76. The van der Waals surface area contributed by atoms with Gasteiger partial charge in [0, 0.05) is 0 Å². The number of carboxylic acids is 1. The van der Waals surface area contributed by atoms with Crippen molar-refractivity contribution in [2.75, 3.05) is 6.61 Å². The molecule has 0 bridgehead atoms. The molecule has 0 atom stereocenters. The van der Waals surface area contributed by atoms with E-state index in [-0.39, 0.29) is 5.69 Å². The van der Waals surface area contributed by atoms with Crippen LogP contribution in [0.5, 0.6) is 5.75 Å². The van der Waals surface area contributed by atoms with Gasteiger partial charge in [0.1, 0.15) is 5.75 Å². The highest BCUT2D eigenvalue weighted by atomic mass is 16.5. The first-order valence-electron chi connectivity index (χ1n) is 7.94. The van der Waals surface area contributed by atoms with E-state index in [4.69, 9.17) is 4.74 Å². The number of ether oxygens (including phenoxy) is 1. The summed E-state index contributed by atoms with van der Waals surface area (Å²) in [6.45, 7) is 6.88. The quantitative estimate of drug-likeness (QED) is 0.756. The monoisotopic (exact) mass is 317 g/mol. The fourth-order valence-corrected chi connectivity index (χ4v) is 2.26. The highest BCUT2D eigenvalue weighted by molar-refractivity contribution is 5.86. The lowest BCUT2D eigenvalue weighted by Gasteiger charge is -2.10. The number of nitrogens with zero attached hydrogens (tertiary/aromatic N) is 3. The van der Waals surface area contributed by atoms with Crippen LogP contribution in [0.15, 0.2) is 24.3 Å². The van der Waals surface area contributed by atoms with Gasteiger partial charge in [-0.15, -0.1) is 5.10 Å². The first-order valence-corrected chi connectivity index (χ1v) is 7.94. The molecule has 2 rings (SSSR count). The van der Waals surface area contributed by atoms with Crippen molar-refractivity contribution in [3.63, 3.8) is 0 Å². The Hall–Kier alpha value is -2.37. The summed E-state index contributed by atoms with van der Waals surface area (Å²) >= 11 is 0. The molecule has 0 aliphatic rings. The van der Waals surface area contributed by atoms with E-state index in [9.17, 15) is 9.90 Å². The summed E-state index contributed by atoms with van der Waals surface area (Å²) in [4.78, 5) is 11.3. The zero-order valence-electron chi connectivity index (χ0n) is 13.8. The summed E-state index contributed by atoms with van der Waals surface area (Å²) in [5.74, 6) is 0.0552. The number of hydrogen-bond acceptors (Lipinski definition) is 4. The number of aromatic carboxylic acids is 1. The molecule has 124 valence electrons. The number of rotatable bonds is 8. The maximum atomic E-state index is 11.3. The van der Waals surface area contributed by atoms with E-state index in [0.717, 1.165) is 24.3 Å². The Morgan fingerprint density at radius 3 is 2.57 bits per heavy atom. The van der Waals surface area contributed by atoms with Crippen molar-refractivity contribution in [3.8, 4) is 11.4 Å². The molecule has 0 aliphatic carbocycles. The van der Waals surface area contributed by atoms with E-state index in [1.165, 1.54) is 0 Å². The highest BCUT2D eigenvalue weighted by Gasteiger charge is 2.20. The van der Waals surface area contributed by atoms with Gasteiger partial charge in [-0.05, 0) is 43.0 Å². The minimum absolute atomic E-state index is 0.0157. The third kappa shape index (κ3) is 4.31. The standard InChI is InChI=1S/C17H23N3O3/c1-4-5-10-23-14-8-6-13(7-9-14)20-15(11-12(2)3)16(17(21)22)18-19-20/h6-9,12H,4-5,10-11H2,1-3H3,(H,21,22). The van der Waals surface area contributed by atoms with Crippen LogP contribution in [-0.4, -0.2) is 32.7 Å². The van der Waals surface area contributed by atoms with Gasteiger partial charge >= 0.3 is 5.97 Å². The molecular weight excluding hydrogens is 294 g/mol. The Kier molecular flexibility index (Phi) is 5.73. The summed E-state index contributed by atoms with van der Waals surface area (Å²) in [5, 5.41) is 17.1. The zero-order valence-corrected chi connectivity index (χ0v) is 13.8. The SMILES string of the molecule is CCCCOc1ccc(-n2nnc(C(=O)O)c2CC(C)C)cc1. The van der Waals surface area contributed by atoms with Gasteiger partial charge in [0.15, 0.2) is 5.69 Å². The molecule has 0 aliphatic heterocycles. The Labute approximate surface area is 136 Å². The molecule has 1 heterocycles. The van der Waals surface area contributed by atoms with E-state index in [1.807, 2.05) is 38.1 Å². The normalized spacial score (nSPS) is 11.0. The van der Waals surface area contributed by atoms with Gasteiger partial charge in [-0.3, -0.25) is 0 Å². The van der Waals surface area contributed by atoms with Crippen molar-refractivity contribution >= 4 is 5.97 Å². The lowest BCUT2D eigenvalue weighted by Crippen LogP contribution is -2.09. The van der Waals surface area contributed by atoms with Crippen LogP contribution < -0.4 is 4.74 Å². The summed E-state index contributed by atoms with van der Waals surface area (Å²) < 4.78 is 7.23. The van der Waals surface area contributed by atoms with Gasteiger partial charge in [-0.1, -0.05) is 32.4 Å². The predicted octanol–water partition coefficient (Wildman–Crippen LogP) is 3.34. The molecule has 1 aromatic carbocycles. The number of carbonyl (C=O) groups is 1. The van der Waals surface area contributed by atoms with Crippen LogP contribution in [0.2, 0.25) is 0 Å². The number of benzene rings is 1. The minimum atomic E-state index is -1.05. The number of unbranched alkanes of at least 4 members (excludes halogenated alkanes) is 1. The Balaban J connectivity index is 2.25. The van der Waals surface area contributed by atoms with E-state index in [1.54, 1.807) is 4.68 Å². The molecule has 6 nitrogen and oxygen atoms in total. The van der Waals surface area contributed by atoms with Gasteiger partial charge in [0.25, 0.3) is 0 Å². The first-order chi connectivity index (χ1) is 11.0. The molecule has 0 saturated carbocycles. The van der Waals surface area contributed by atoms with Crippen LogP contribution in [0.1, 0.15) is 49.8 Å². The maximum absolute atomic E-state index is 11.3. The van der Waals surface area contributed by atoms with Crippen molar-refractivity contribution in [2.24, 2.45) is 5.92 Å². The summed E-state index contributed by atoms with van der Waals surface area (Å²) in [7, 11) is 0. The van der Waals surface area contributed by atoms with Gasteiger partial charge in [-0.25, -0.2) is 9.48 Å². The Bertz CT molecular complexity index is 648. The molecule has 0 unspecified atom stereocenters. The average molecular weight is 317 g/mol. The summed E-state index contributed by atoms with van der Waals surface area (Å²) in [6, 6.07) is 7.47. The van der Waals surface area contributed by atoms with Crippen LogP contribution in [0.4, 0.5) is 0 Å². The number of carboxylic acid groups (broad SMARTS) is 1. The fourth-order valence-electron chi connectivity index (χ4n) is 2.26. The number of hydrogen-bond donors (Lipinski definition) is 1. The molecule has 0 radical (unpaired) electrons. The van der Waals surface area contributed by atoms with Crippen molar-refractivity contribution in [2.45, 2.75) is 40.0 Å². The van der Waals surface area contributed by atoms with Crippen LogP contribution in [0, 0.1) is 5.92 Å². The first kappa shape index (κ1) is 17.0. The minimum Gasteiger partial charge on any atom is -0.494 e. The van der Waals surface area contributed by atoms with E-state index in [2.05, 4.69) is 17.2 Å². The third-order valence-electron chi connectivity index (χ3n) is 3.42. The second-order valence-electron chi connectivity index (χ2n) is 5.90. The molecule has 0 saturated heterocycles. The molecule has 0 spiro atoms. The van der Waals surface area contributed by atoms with Gasteiger partial charge in [0.2, 0.25) is 0 Å². The summed E-state index contributed by atoms with van der Waals surface area (Å²) in [6.07, 6.45) is 2.71. The van der Waals surface area contributed by atoms with Crippen LogP contribution >= 0.6 is 0 Å². The smallest absolute Gasteiger partial charge is 0.358 e. The lowest BCUT2D eigenvalue weighted by molar-refractivity contribution is 0.0689. The predicted molar refractivity (Wildman–Crippen MR) is 87.3 cm³/mol. The van der Waals surface area contributed by atoms with Gasteiger partial charge < -0.3 is 9.84 Å². The van der Waals surface area contributed by atoms with Crippen molar-refractivity contribution in [3.05, 3.63) is 35.7 Å². The molecule has 2 aromatic rings. The molecule has 23 heavy (non-hydrogen) atoms. The lowest BCUT2D eigenvalue weighted by atomic mass is 10.1. The molecule has 1 aromatic heterocycles. The number of aromatic nitrogens is 3. The fraction of sp³-hybridized carbons (Fsp3) is 0.471. The zero-order chi connectivity index (χ0) is 16.8. The highest BCUT2D eigenvalue weighted by Crippen LogP contribution is 2.20. The van der Waals surface area contributed by atoms with Crippen LogP contribution in [0.25, 0.3) is 5.69 Å². The third-order valence-corrected chi connectivity index (χ3v) is 3.42. The Morgan fingerprint density at radius 2 is 2.00 bits per heavy atom. The van der Waals surface area contributed by atoms with E-state index < -0.39 is 5.97 Å². The van der Waals surface area contributed by atoms with Crippen LogP contribution in [0.3, 0.4) is 0 Å². The maximum Gasteiger partial charge on any atom is 0.358 e. The molecule has 0 amide bonds. The van der Waals surface area contributed by atoms with E-state index in [0.29, 0.717) is 24.6 Å². The molecular formula is C17H23N3O3. The van der Waals surface area contributed by atoms with Crippen LogP contribution in [-0.2, 0) is 6.42 Å². The summed E-state index contributed by atoms with van der Waals surface area (Å²) in [5.41, 5.74) is 1.41. The topological polar surface area (TPSA) is 77.2 Å². The molecule has 0 fully saturated rings. The van der Waals surface area contributed by atoms with E-state index >= 15 is 0 Å². The van der Waals surface area contributed by atoms with Crippen molar-refractivity contribution in [1.29, 1.82) is 0 Å². The van der Waals surface area contributed by atoms with Crippen molar-refractivity contribution in [1.82, 2.24) is 15.0 Å². The van der Waals surface area contributed by atoms with Crippen molar-refractivity contribution < 1.29 is 14.6 Å². The molecule has 6 heteroatoms. The van der Waals surface area contributed by atoms with Gasteiger partial charge in [0.05, 0.1) is 18.0 Å². The largest absolute Gasteiger partial charge is 0.494 e. The molecule has 1 N–H and O–H groups in total. The Morgan fingerprint density at radius 1 is 1.30 bits per heavy atom.